The maximum absolute atomic E-state index is 13.7. The second kappa shape index (κ2) is 15.2. The molecule has 4 unspecified atom stereocenters. The first-order valence-electron chi connectivity index (χ1n) is 15.5. The quantitative estimate of drug-likeness (QED) is 0.0788. The lowest BCUT2D eigenvalue weighted by atomic mass is 10.0. The van der Waals surface area contributed by atoms with E-state index in [2.05, 4.69) is 25.9 Å². The Morgan fingerprint density at radius 3 is 1.71 bits per heavy atom. The number of aromatic nitrogens is 2. The van der Waals surface area contributed by atoms with Crippen molar-refractivity contribution in [3.05, 3.63) is 102 Å². The van der Waals surface area contributed by atoms with Gasteiger partial charge in [0.25, 0.3) is 0 Å². The molecule has 5 rings (SSSR count). The third-order valence-corrected chi connectivity index (χ3v) is 8.19. The third-order valence-electron chi connectivity index (χ3n) is 8.19. The van der Waals surface area contributed by atoms with Crippen molar-refractivity contribution in [2.24, 2.45) is 5.73 Å². The van der Waals surface area contributed by atoms with Gasteiger partial charge in [0.15, 0.2) is 0 Å². The van der Waals surface area contributed by atoms with Crippen molar-refractivity contribution in [3.63, 3.8) is 0 Å². The number of benzene rings is 3. The Hall–Kier alpha value is -6.15. The van der Waals surface area contributed by atoms with Gasteiger partial charge in [-0.1, -0.05) is 48.5 Å². The highest BCUT2D eigenvalue weighted by molar-refractivity contribution is 5.96. The number of hydrogen-bond acceptors (Lipinski definition) is 7. The van der Waals surface area contributed by atoms with Gasteiger partial charge in [0.05, 0.1) is 12.5 Å². The minimum absolute atomic E-state index is 0.0110. The molecule has 0 bridgehead atoms. The SMILES string of the molecule is NC(Cc1c[nH]c2ccccc12)C(=O)NC(CC(=O)O)C(=O)NC(Cc1c[nH]c2ccccc12)C(=O)NC(Cc1ccc(O)cc1)C(=O)O. The fraction of sp³-hybridized carbons (Fsp3) is 0.229. The van der Waals surface area contributed by atoms with Crippen molar-refractivity contribution in [1.82, 2.24) is 25.9 Å². The Morgan fingerprint density at radius 2 is 1.14 bits per heavy atom. The number of carbonyl (C=O) groups excluding carboxylic acids is 3. The summed E-state index contributed by atoms with van der Waals surface area (Å²) in [6.45, 7) is 0. The van der Waals surface area contributed by atoms with Gasteiger partial charge in [-0.2, -0.15) is 0 Å². The minimum Gasteiger partial charge on any atom is -0.508 e. The molecule has 14 heteroatoms. The van der Waals surface area contributed by atoms with Crippen molar-refractivity contribution in [3.8, 4) is 5.75 Å². The molecule has 14 nitrogen and oxygen atoms in total. The maximum atomic E-state index is 13.7. The summed E-state index contributed by atoms with van der Waals surface area (Å²) in [6.07, 6.45) is 2.45. The molecule has 10 N–H and O–H groups in total. The molecule has 0 radical (unpaired) electrons. The number of aromatic amines is 2. The van der Waals surface area contributed by atoms with Crippen LogP contribution in [0.5, 0.6) is 5.75 Å². The number of carboxylic acid groups (broad SMARTS) is 2. The summed E-state index contributed by atoms with van der Waals surface area (Å²) in [6, 6.07) is 15.0. The normalized spacial score (nSPS) is 13.7. The molecule has 0 saturated carbocycles. The number of phenolic OH excluding ortho intramolecular Hbond substituents is 1. The number of carbonyl (C=O) groups is 5. The summed E-state index contributed by atoms with van der Waals surface area (Å²) in [5, 5.41) is 38.1. The molecule has 0 aliphatic heterocycles. The summed E-state index contributed by atoms with van der Waals surface area (Å²) >= 11 is 0. The lowest BCUT2D eigenvalue weighted by Gasteiger charge is -2.25. The van der Waals surface area contributed by atoms with Crippen LogP contribution in [-0.2, 0) is 43.2 Å². The first-order valence-corrected chi connectivity index (χ1v) is 15.5. The van der Waals surface area contributed by atoms with Crippen LogP contribution in [0.25, 0.3) is 21.8 Å². The smallest absolute Gasteiger partial charge is 0.326 e. The Kier molecular flexibility index (Phi) is 10.6. The number of aromatic hydroxyl groups is 1. The van der Waals surface area contributed by atoms with Gasteiger partial charge in [-0.25, -0.2) is 4.79 Å². The van der Waals surface area contributed by atoms with Crippen molar-refractivity contribution >= 4 is 51.5 Å². The Labute approximate surface area is 279 Å². The number of aliphatic carboxylic acids is 2. The molecule has 3 aromatic carbocycles. The average Bonchev–Trinajstić information content (AvgIpc) is 3.68. The van der Waals surface area contributed by atoms with Gasteiger partial charge < -0.3 is 47.0 Å². The number of phenols is 1. The number of rotatable bonds is 15. The van der Waals surface area contributed by atoms with E-state index in [1.807, 2.05) is 42.5 Å². The number of fused-ring (bicyclic) bond motifs is 2. The molecular formula is C35H36N6O8. The van der Waals surface area contributed by atoms with Gasteiger partial charge in [0.1, 0.15) is 23.9 Å². The predicted molar refractivity (Wildman–Crippen MR) is 179 cm³/mol. The van der Waals surface area contributed by atoms with E-state index in [1.54, 1.807) is 18.5 Å². The van der Waals surface area contributed by atoms with E-state index in [1.165, 1.54) is 24.3 Å². The molecule has 0 aliphatic carbocycles. The van der Waals surface area contributed by atoms with E-state index in [-0.39, 0.29) is 25.0 Å². The number of carboxylic acids is 2. The Balaban J connectivity index is 1.34. The zero-order valence-corrected chi connectivity index (χ0v) is 26.2. The highest BCUT2D eigenvalue weighted by atomic mass is 16.4. The van der Waals surface area contributed by atoms with E-state index in [9.17, 15) is 39.3 Å². The predicted octanol–water partition coefficient (Wildman–Crippen LogP) is 1.72. The standard InChI is InChI=1S/C35H36N6O8/c36-25(14-20-17-37-26-7-3-1-5-23(20)26)32(45)39-29(16-31(43)44)34(47)40-28(15-21-18-38-27-8-4-2-6-24(21)27)33(46)41-30(35(48)49)13-19-9-11-22(42)12-10-19/h1-12,17-18,25,28-30,37-38,42H,13-16,36H2,(H,39,45)(H,40,47)(H,41,46)(H,43,44)(H,48,49). The number of para-hydroxylation sites is 2. The molecule has 5 aromatic rings. The highest BCUT2D eigenvalue weighted by Crippen LogP contribution is 2.21. The highest BCUT2D eigenvalue weighted by Gasteiger charge is 2.32. The molecule has 4 atom stereocenters. The molecule has 0 aliphatic rings. The van der Waals surface area contributed by atoms with Crippen LogP contribution in [0.3, 0.4) is 0 Å². The monoisotopic (exact) mass is 668 g/mol. The van der Waals surface area contributed by atoms with Crippen molar-refractivity contribution in [2.75, 3.05) is 0 Å². The number of hydrogen-bond donors (Lipinski definition) is 9. The molecular weight excluding hydrogens is 632 g/mol. The summed E-state index contributed by atoms with van der Waals surface area (Å²) in [4.78, 5) is 70.6. The third kappa shape index (κ3) is 8.61. The van der Waals surface area contributed by atoms with E-state index in [0.29, 0.717) is 11.1 Å². The van der Waals surface area contributed by atoms with Crippen LogP contribution in [-0.4, -0.2) is 79.1 Å². The topological polar surface area (TPSA) is 240 Å². The molecule has 0 saturated heterocycles. The van der Waals surface area contributed by atoms with Crippen LogP contribution < -0.4 is 21.7 Å². The van der Waals surface area contributed by atoms with Crippen molar-refractivity contribution < 1.29 is 39.3 Å². The number of nitrogens with one attached hydrogen (secondary N) is 5. The molecule has 2 aromatic heterocycles. The van der Waals surface area contributed by atoms with Crippen molar-refractivity contribution in [1.29, 1.82) is 0 Å². The van der Waals surface area contributed by atoms with E-state index in [0.717, 1.165) is 27.4 Å². The lowest BCUT2D eigenvalue weighted by Crippen LogP contribution is -2.58. The van der Waals surface area contributed by atoms with Crippen LogP contribution >= 0.6 is 0 Å². The first-order chi connectivity index (χ1) is 23.5. The molecule has 0 spiro atoms. The molecule has 3 amide bonds. The lowest BCUT2D eigenvalue weighted by molar-refractivity contribution is -0.143. The second-order valence-electron chi connectivity index (χ2n) is 11.7. The number of amides is 3. The van der Waals surface area contributed by atoms with Crippen LogP contribution in [0.4, 0.5) is 0 Å². The number of nitrogens with two attached hydrogens (primary N) is 1. The van der Waals surface area contributed by atoms with Gasteiger partial charge in [0, 0.05) is 47.0 Å². The zero-order valence-electron chi connectivity index (χ0n) is 26.2. The molecule has 254 valence electrons. The van der Waals surface area contributed by atoms with E-state index < -0.39 is 60.2 Å². The molecule has 49 heavy (non-hydrogen) atoms. The van der Waals surface area contributed by atoms with Gasteiger partial charge in [-0.15, -0.1) is 0 Å². The molecule has 2 heterocycles. The van der Waals surface area contributed by atoms with Crippen LogP contribution in [0, 0.1) is 0 Å². The van der Waals surface area contributed by atoms with Crippen LogP contribution in [0.15, 0.2) is 85.2 Å². The van der Waals surface area contributed by atoms with Crippen LogP contribution in [0.1, 0.15) is 23.1 Å². The number of H-pyrrole nitrogens is 2. The van der Waals surface area contributed by atoms with Crippen molar-refractivity contribution in [2.45, 2.75) is 49.9 Å². The second-order valence-corrected chi connectivity index (χ2v) is 11.7. The Morgan fingerprint density at radius 1 is 0.633 bits per heavy atom. The van der Waals surface area contributed by atoms with Gasteiger partial charge in [-0.05, 0) is 47.4 Å². The van der Waals surface area contributed by atoms with E-state index in [4.69, 9.17) is 5.73 Å². The van der Waals surface area contributed by atoms with Gasteiger partial charge in [-0.3, -0.25) is 19.2 Å². The zero-order chi connectivity index (χ0) is 35.1. The fourth-order valence-corrected chi connectivity index (χ4v) is 5.63. The fourth-order valence-electron chi connectivity index (χ4n) is 5.63. The maximum Gasteiger partial charge on any atom is 0.326 e. The summed E-state index contributed by atoms with van der Waals surface area (Å²) in [5.74, 6) is -5.32. The first kappa shape index (κ1) is 34.2. The Bertz CT molecular complexity index is 1980. The van der Waals surface area contributed by atoms with Crippen LogP contribution in [0.2, 0.25) is 0 Å². The van der Waals surface area contributed by atoms with Gasteiger partial charge in [0.2, 0.25) is 17.7 Å². The van der Waals surface area contributed by atoms with E-state index >= 15 is 0 Å². The van der Waals surface area contributed by atoms with Gasteiger partial charge >= 0.3 is 11.9 Å². The summed E-state index contributed by atoms with van der Waals surface area (Å²) in [5.41, 5.74) is 9.70. The largest absolute Gasteiger partial charge is 0.508 e. The average molecular weight is 669 g/mol. The minimum atomic E-state index is -1.61. The molecule has 0 fully saturated rings. The summed E-state index contributed by atoms with van der Waals surface area (Å²) < 4.78 is 0. The summed E-state index contributed by atoms with van der Waals surface area (Å²) in [7, 11) is 0.